The summed E-state index contributed by atoms with van der Waals surface area (Å²) >= 11 is 0. The van der Waals surface area contributed by atoms with Crippen molar-refractivity contribution in [2.45, 2.75) is 6.42 Å². The Bertz CT molecular complexity index is 358. The molecular formula is C12H10N. The molecule has 1 heteroatoms. The van der Waals surface area contributed by atoms with Gasteiger partial charge in [0.2, 0.25) is 0 Å². The van der Waals surface area contributed by atoms with E-state index in [2.05, 4.69) is 11.1 Å². The zero-order valence-electron chi connectivity index (χ0n) is 7.27. The van der Waals surface area contributed by atoms with E-state index in [1.807, 2.05) is 48.6 Å². The molecule has 0 bridgehead atoms. The van der Waals surface area contributed by atoms with Crippen molar-refractivity contribution in [3.63, 3.8) is 0 Å². The van der Waals surface area contributed by atoms with Gasteiger partial charge < -0.3 is 0 Å². The molecule has 0 aromatic heterocycles. The molecule has 0 aliphatic heterocycles. The van der Waals surface area contributed by atoms with Crippen LogP contribution >= 0.6 is 0 Å². The molecule has 0 unspecified atom stereocenters. The Morgan fingerprint density at radius 2 is 2.00 bits per heavy atom. The van der Waals surface area contributed by atoms with Crippen molar-refractivity contribution in [2.75, 3.05) is 0 Å². The van der Waals surface area contributed by atoms with Crippen LogP contribution in [0.15, 0.2) is 53.6 Å². The predicted octanol–water partition coefficient (Wildman–Crippen LogP) is 3.08. The van der Waals surface area contributed by atoms with Gasteiger partial charge in [-0.05, 0) is 24.3 Å². The molecule has 0 amide bonds. The Kier molecular flexibility index (Phi) is 2.37. The van der Waals surface area contributed by atoms with Crippen LogP contribution in [0.2, 0.25) is 0 Å². The highest BCUT2D eigenvalue weighted by Crippen LogP contribution is 2.12. The smallest absolute Gasteiger partial charge is 0.0633 e. The number of allylic oxidation sites excluding steroid dienone is 4. The monoisotopic (exact) mass is 168 g/mol. The second kappa shape index (κ2) is 3.85. The minimum absolute atomic E-state index is 0.811. The fraction of sp³-hybridized carbons (Fsp3) is 0.0833. The van der Waals surface area contributed by atoms with Gasteiger partial charge >= 0.3 is 0 Å². The van der Waals surface area contributed by atoms with Crippen LogP contribution < -0.4 is 0 Å². The highest BCUT2D eigenvalue weighted by Gasteiger charge is 1.95. The molecule has 0 saturated heterocycles. The Labute approximate surface area is 78.1 Å². The number of aliphatic imine (C=N–C) groups is 1. The number of benzene rings is 1. The molecular weight excluding hydrogens is 158 g/mol. The van der Waals surface area contributed by atoms with E-state index in [9.17, 15) is 0 Å². The molecule has 0 spiro atoms. The van der Waals surface area contributed by atoms with Crippen LogP contribution in [0.3, 0.4) is 0 Å². The quantitative estimate of drug-likeness (QED) is 0.611. The maximum absolute atomic E-state index is 4.47. The van der Waals surface area contributed by atoms with Gasteiger partial charge in [-0.2, -0.15) is 0 Å². The molecule has 1 nitrogen and oxygen atoms in total. The fourth-order valence-corrected chi connectivity index (χ4v) is 1.19. The van der Waals surface area contributed by atoms with Crippen LogP contribution in [0.4, 0.5) is 5.69 Å². The Morgan fingerprint density at radius 1 is 1.15 bits per heavy atom. The van der Waals surface area contributed by atoms with Gasteiger partial charge in [0.1, 0.15) is 0 Å². The van der Waals surface area contributed by atoms with Crippen molar-refractivity contribution < 1.29 is 0 Å². The number of nitrogens with zero attached hydrogens (tertiary/aromatic N) is 1. The SMILES string of the molecule is [C]1=CC=C/C(=N\c2ccccc2)C1. The number of hydrogen-bond donors (Lipinski definition) is 0. The lowest BCUT2D eigenvalue weighted by Crippen LogP contribution is -1.93. The van der Waals surface area contributed by atoms with Crippen LogP contribution in [0.1, 0.15) is 6.42 Å². The van der Waals surface area contributed by atoms with E-state index < -0.39 is 0 Å². The summed E-state index contributed by atoms with van der Waals surface area (Å²) in [7, 11) is 0. The van der Waals surface area contributed by atoms with Crippen molar-refractivity contribution in [2.24, 2.45) is 4.99 Å². The van der Waals surface area contributed by atoms with Crippen LogP contribution in [0.5, 0.6) is 0 Å². The van der Waals surface area contributed by atoms with E-state index in [0.29, 0.717) is 0 Å². The summed E-state index contributed by atoms with van der Waals surface area (Å²) in [4.78, 5) is 4.47. The molecule has 0 atom stereocenters. The van der Waals surface area contributed by atoms with Crippen molar-refractivity contribution in [3.05, 3.63) is 54.6 Å². The largest absolute Gasteiger partial charge is 0.253 e. The van der Waals surface area contributed by atoms with E-state index >= 15 is 0 Å². The minimum atomic E-state index is 0.811. The van der Waals surface area contributed by atoms with Crippen LogP contribution in [-0.2, 0) is 0 Å². The van der Waals surface area contributed by atoms with Crippen molar-refractivity contribution in [1.29, 1.82) is 0 Å². The zero-order valence-corrected chi connectivity index (χ0v) is 7.27. The van der Waals surface area contributed by atoms with E-state index in [1.165, 1.54) is 0 Å². The predicted molar refractivity (Wildman–Crippen MR) is 55.1 cm³/mol. The van der Waals surface area contributed by atoms with E-state index in [4.69, 9.17) is 0 Å². The van der Waals surface area contributed by atoms with Crippen LogP contribution in [0.25, 0.3) is 0 Å². The van der Waals surface area contributed by atoms with E-state index in [-0.39, 0.29) is 0 Å². The molecule has 1 aromatic carbocycles. The van der Waals surface area contributed by atoms with Gasteiger partial charge in [0.15, 0.2) is 0 Å². The number of hydrogen-bond acceptors (Lipinski definition) is 1. The average Bonchev–Trinajstić information content (AvgIpc) is 2.21. The Morgan fingerprint density at radius 3 is 2.69 bits per heavy atom. The first-order valence-corrected chi connectivity index (χ1v) is 4.31. The zero-order chi connectivity index (χ0) is 8.93. The third kappa shape index (κ3) is 2.15. The first-order valence-electron chi connectivity index (χ1n) is 4.31. The van der Waals surface area contributed by atoms with Gasteiger partial charge in [0.05, 0.1) is 5.69 Å². The van der Waals surface area contributed by atoms with E-state index in [1.54, 1.807) is 0 Å². The molecule has 2 rings (SSSR count). The van der Waals surface area contributed by atoms with E-state index in [0.717, 1.165) is 17.8 Å². The van der Waals surface area contributed by atoms with Crippen LogP contribution in [-0.4, -0.2) is 5.71 Å². The number of rotatable bonds is 1. The molecule has 1 aromatic rings. The van der Waals surface area contributed by atoms with Gasteiger partial charge in [0.25, 0.3) is 0 Å². The normalized spacial score (nSPS) is 18.0. The fourth-order valence-electron chi connectivity index (χ4n) is 1.19. The topological polar surface area (TPSA) is 12.4 Å². The highest BCUT2D eigenvalue weighted by molar-refractivity contribution is 5.98. The van der Waals surface area contributed by atoms with Gasteiger partial charge in [-0.15, -0.1) is 0 Å². The van der Waals surface area contributed by atoms with Crippen molar-refractivity contribution >= 4 is 11.4 Å². The summed E-state index contributed by atoms with van der Waals surface area (Å²) in [6.07, 6.45) is 9.82. The minimum Gasteiger partial charge on any atom is -0.253 e. The van der Waals surface area contributed by atoms with Gasteiger partial charge in [-0.25, -0.2) is 0 Å². The lowest BCUT2D eigenvalue weighted by atomic mass is 10.1. The first kappa shape index (κ1) is 7.99. The summed E-state index contributed by atoms with van der Waals surface area (Å²) in [5.74, 6) is 0. The first-order chi connectivity index (χ1) is 6.45. The van der Waals surface area contributed by atoms with Crippen LogP contribution in [0, 0.1) is 6.08 Å². The molecule has 0 saturated carbocycles. The second-order valence-electron chi connectivity index (χ2n) is 2.85. The van der Waals surface area contributed by atoms with Crippen molar-refractivity contribution in [3.8, 4) is 0 Å². The molecule has 0 N–H and O–H groups in total. The highest BCUT2D eigenvalue weighted by atomic mass is 14.7. The third-order valence-electron chi connectivity index (χ3n) is 1.81. The maximum atomic E-state index is 4.47. The number of para-hydroxylation sites is 1. The molecule has 63 valence electrons. The standard InChI is InChI=1S/C12H10N/c1-3-7-11(8-4-1)13-12-9-5-2-6-10-12/h1-5,7-9H,10H2/b13-12+. The Balaban J connectivity index is 2.21. The molecule has 0 fully saturated rings. The molecule has 1 radical (unpaired) electrons. The summed E-state index contributed by atoms with van der Waals surface area (Å²) in [5, 5.41) is 0. The molecule has 1 aliphatic carbocycles. The summed E-state index contributed by atoms with van der Waals surface area (Å²) in [6.45, 7) is 0. The van der Waals surface area contributed by atoms with Gasteiger partial charge in [0, 0.05) is 12.1 Å². The van der Waals surface area contributed by atoms with Gasteiger partial charge in [-0.1, -0.05) is 30.4 Å². The summed E-state index contributed by atoms with van der Waals surface area (Å²) in [6, 6.07) is 9.97. The maximum Gasteiger partial charge on any atom is 0.0633 e. The van der Waals surface area contributed by atoms with Gasteiger partial charge in [-0.3, -0.25) is 4.99 Å². The van der Waals surface area contributed by atoms with Crippen molar-refractivity contribution in [1.82, 2.24) is 0 Å². The average molecular weight is 168 g/mol. The molecule has 13 heavy (non-hydrogen) atoms. The summed E-state index contributed by atoms with van der Waals surface area (Å²) in [5.41, 5.74) is 2.07. The second-order valence-corrected chi connectivity index (χ2v) is 2.85. The molecule has 1 aliphatic rings. The lowest BCUT2D eigenvalue weighted by molar-refractivity contribution is 1.36. The molecule has 0 heterocycles. The summed E-state index contributed by atoms with van der Waals surface area (Å²) < 4.78 is 0. The lowest BCUT2D eigenvalue weighted by Gasteiger charge is -2.00. The Hall–Kier alpha value is -1.63. The third-order valence-corrected chi connectivity index (χ3v) is 1.81.